The maximum absolute atomic E-state index is 13.6. The third-order valence-electron chi connectivity index (χ3n) is 3.11. The van der Waals surface area contributed by atoms with Crippen LogP contribution in [0.1, 0.15) is 11.1 Å². The zero-order valence-corrected chi connectivity index (χ0v) is 12.3. The van der Waals surface area contributed by atoms with Crippen LogP contribution in [0.4, 0.5) is 10.2 Å². The number of pyridine rings is 1. The molecule has 0 saturated heterocycles. The summed E-state index contributed by atoms with van der Waals surface area (Å²) in [5.74, 6) is -0.275. The van der Waals surface area contributed by atoms with Crippen molar-refractivity contribution < 1.29 is 13.9 Å². The van der Waals surface area contributed by atoms with Crippen LogP contribution in [0.3, 0.4) is 0 Å². The molecule has 0 N–H and O–H groups in total. The Morgan fingerprint density at radius 3 is 2.76 bits per heavy atom. The van der Waals surface area contributed by atoms with E-state index in [1.54, 1.807) is 0 Å². The number of rotatable bonds is 4. The lowest BCUT2D eigenvalue weighted by Gasteiger charge is -2.17. The molecular formula is C16H17FN2O2. The number of hydrogen-bond acceptors (Lipinski definition) is 3. The number of amides is 1. The lowest BCUT2D eigenvalue weighted by atomic mass is 10.1. The summed E-state index contributed by atoms with van der Waals surface area (Å²) in [7, 11) is 1.47. The lowest BCUT2D eigenvalue weighted by Crippen LogP contribution is -2.32. The Hall–Kier alpha value is -2.43. The first-order chi connectivity index (χ1) is 9.99. The Bertz CT molecular complexity index is 658. The van der Waals surface area contributed by atoms with Gasteiger partial charge in [0, 0.05) is 13.2 Å². The van der Waals surface area contributed by atoms with Crippen LogP contribution in [0, 0.1) is 19.7 Å². The molecule has 0 unspecified atom stereocenters. The number of nitrogens with zero attached hydrogens (tertiary/aromatic N) is 2. The molecule has 1 aromatic heterocycles. The number of halogens is 1. The Morgan fingerprint density at radius 2 is 2.10 bits per heavy atom. The van der Waals surface area contributed by atoms with E-state index in [4.69, 9.17) is 4.74 Å². The normalized spacial score (nSPS) is 10.3. The SMILES string of the molecule is Cc1ccc(OCC(=O)N(C)c2ncccc2F)c(C)c1. The summed E-state index contributed by atoms with van der Waals surface area (Å²) in [5, 5.41) is 0. The summed E-state index contributed by atoms with van der Waals surface area (Å²) in [6.45, 7) is 3.73. The van der Waals surface area contributed by atoms with Gasteiger partial charge in [0.25, 0.3) is 5.91 Å². The first-order valence-corrected chi connectivity index (χ1v) is 6.56. The summed E-state index contributed by atoms with van der Waals surface area (Å²) >= 11 is 0. The zero-order valence-electron chi connectivity index (χ0n) is 12.3. The number of aromatic nitrogens is 1. The van der Waals surface area contributed by atoms with Crippen LogP contribution >= 0.6 is 0 Å². The third kappa shape index (κ3) is 3.56. The summed E-state index contributed by atoms with van der Waals surface area (Å²) in [5.41, 5.74) is 2.08. The molecule has 0 aliphatic heterocycles. The van der Waals surface area contributed by atoms with Gasteiger partial charge in [0.1, 0.15) is 5.75 Å². The molecule has 4 nitrogen and oxygen atoms in total. The summed E-state index contributed by atoms with van der Waals surface area (Å²) in [6.07, 6.45) is 1.44. The largest absolute Gasteiger partial charge is 0.483 e. The number of likely N-dealkylation sites (N-methyl/N-ethyl adjacent to an activating group) is 1. The molecule has 0 saturated carbocycles. The fourth-order valence-electron chi connectivity index (χ4n) is 1.94. The predicted octanol–water partition coefficient (Wildman–Crippen LogP) is 2.88. The fraction of sp³-hybridized carbons (Fsp3) is 0.250. The quantitative estimate of drug-likeness (QED) is 0.868. The van der Waals surface area contributed by atoms with Gasteiger partial charge in [0.15, 0.2) is 18.2 Å². The Labute approximate surface area is 123 Å². The second kappa shape index (κ2) is 6.35. The van der Waals surface area contributed by atoms with Crippen LogP contribution < -0.4 is 9.64 Å². The van der Waals surface area contributed by atoms with E-state index < -0.39 is 5.82 Å². The topological polar surface area (TPSA) is 42.4 Å². The van der Waals surface area contributed by atoms with Crippen molar-refractivity contribution in [3.05, 3.63) is 53.5 Å². The summed E-state index contributed by atoms with van der Waals surface area (Å²) in [4.78, 5) is 17.1. The smallest absolute Gasteiger partial charge is 0.265 e. The Morgan fingerprint density at radius 1 is 1.33 bits per heavy atom. The minimum Gasteiger partial charge on any atom is -0.483 e. The number of hydrogen-bond donors (Lipinski definition) is 0. The summed E-state index contributed by atoms with van der Waals surface area (Å²) in [6, 6.07) is 8.44. The fourth-order valence-corrected chi connectivity index (χ4v) is 1.94. The van der Waals surface area contributed by atoms with Gasteiger partial charge in [-0.2, -0.15) is 0 Å². The molecule has 0 aliphatic carbocycles. The molecule has 2 rings (SSSR count). The van der Waals surface area contributed by atoms with Crippen LogP contribution in [-0.2, 0) is 4.79 Å². The van der Waals surface area contributed by atoms with E-state index >= 15 is 0 Å². The Kier molecular flexibility index (Phi) is 4.52. The number of anilines is 1. The molecule has 1 aromatic carbocycles. The molecule has 0 atom stereocenters. The average Bonchev–Trinajstić information content (AvgIpc) is 2.46. The van der Waals surface area contributed by atoms with Gasteiger partial charge in [-0.05, 0) is 37.6 Å². The zero-order chi connectivity index (χ0) is 15.4. The van der Waals surface area contributed by atoms with Gasteiger partial charge in [-0.3, -0.25) is 9.69 Å². The van der Waals surface area contributed by atoms with Crippen molar-refractivity contribution >= 4 is 11.7 Å². The van der Waals surface area contributed by atoms with Gasteiger partial charge in [-0.15, -0.1) is 0 Å². The summed E-state index contributed by atoms with van der Waals surface area (Å²) < 4.78 is 19.1. The molecule has 1 heterocycles. The highest BCUT2D eigenvalue weighted by Gasteiger charge is 2.16. The van der Waals surface area contributed by atoms with Crippen LogP contribution in [0.25, 0.3) is 0 Å². The predicted molar refractivity (Wildman–Crippen MR) is 79.0 cm³/mol. The minimum atomic E-state index is -0.542. The molecule has 0 spiro atoms. The number of ether oxygens (including phenoxy) is 1. The molecule has 2 aromatic rings. The molecule has 0 radical (unpaired) electrons. The number of carbonyl (C=O) groups excluding carboxylic acids is 1. The molecule has 5 heteroatoms. The van der Waals surface area contributed by atoms with E-state index in [1.165, 1.54) is 25.4 Å². The van der Waals surface area contributed by atoms with E-state index in [9.17, 15) is 9.18 Å². The van der Waals surface area contributed by atoms with Gasteiger partial charge < -0.3 is 4.74 Å². The van der Waals surface area contributed by atoms with Gasteiger partial charge in [-0.1, -0.05) is 17.7 Å². The highest BCUT2D eigenvalue weighted by Crippen LogP contribution is 2.19. The first-order valence-electron chi connectivity index (χ1n) is 6.56. The molecule has 21 heavy (non-hydrogen) atoms. The van der Waals surface area contributed by atoms with Gasteiger partial charge in [0.2, 0.25) is 0 Å². The molecular weight excluding hydrogens is 271 g/mol. The van der Waals surface area contributed by atoms with Crippen molar-refractivity contribution in [1.29, 1.82) is 0 Å². The first kappa shape index (κ1) is 15.0. The van der Waals surface area contributed by atoms with Gasteiger partial charge >= 0.3 is 0 Å². The third-order valence-corrected chi connectivity index (χ3v) is 3.11. The van der Waals surface area contributed by atoms with Crippen LogP contribution in [0.2, 0.25) is 0 Å². The highest BCUT2D eigenvalue weighted by atomic mass is 19.1. The van der Waals surface area contributed by atoms with Crippen LogP contribution in [0.5, 0.6) is 5.75 Å². The second-order valence-corrected chi connectivity index (χ2v) is 4.82. The van der Waals surface area contributed by atoms with E-state index in [0.29, 0.717) is 5.75 Å². The van der Waals surface area contributed by atoms with E-state index in [1.807, 2.05) is 32.0 Å². The molecule has 0 fully saturated rings. The van der Waals surface area contributed by atoms with E-state index in [0.717, 1.165) is 16.0 Å². The van der Waals surface area contributed by atoms with Crippen molar-refractivity contribution in [3.63, 3.8) is 0 Å². The van der Waals surface area contributed by atoms with Crippen molar-refractivity contribution in [2.24, 2.45) is 0 Å². The van der Waals surface area contributed by atoms with Crippen molar-refractivity contribution in [2.45, 2.75) is 13.8 Å². The number of carbonyl (C=O) groups is 1. The van der Waals surface area contributed by atoms with Gasteiger partial charge in [-0.25, -0.2) is 9.37 Å². The molecule has 110 valence electrons. The molecule has 0 aliphatic rings. The lowest BCUT2D eigenvalue weighted by molar-refractivity contribution is -0.120. The maximum atomic E-state index is 13.6. The van der Waals surface area contributed by atoms with Crippen molar-refractivity contribution in [1.82, 2.24) is 4.98 Å². The van der Waals surface area contributed by atoms with E-state index in [-0.39, 0.29) is 18.3 Å². The van der Waals surface area contributed by atoms with Crippen molar-refractivity contribution in [3.8, 4) is 5.75 Å². The maximum Gasteiger partial charge on any atom is 0.265 e. The van der Waals surface area contributed by atoms with Crippen LogP contribution in [-0.4, -0.2) is 24.5 Å². The Balaban J connectivity index is 2.03. The van der Waals surface area contributed by atoms with Gasteiger partial charge in [0.05, 0.1) is 0 Å². The second-order valence-electron chi connectivity index (χ2n) is 4.82. The standard InChI is InChI=1S/C16H17FN2O2/c1-11-6-7-14(12(2)9-11)21-10-15(20)19(3)16-13(17)5-4-8-18-16/h4-9H,10H2,1-3H3. The minimum absolute atomic E-state index is 0.00766. The highest BCUT2D eigenvalue weighted by molar-refractivity contribution is 5.93. The van der Waals surface area contributed by atoms with E-state index in [2.05, 4.69) is 4.98 Å². The molecule has 1 amide bonds. The van der Waals surface area contributed by atoms with Crippen LogP contribution in [0.15, 0.2) is 36.5 Å². The number of aryl methyl sites for hydroxylation is 2. The number of benzene rings is 1. The monoisotopic (exact) mass is 288 g/mol. The van der Waals surface area contributed by atoms with Crippen molar-refractivity contribution in [2.75, 3.05) is 18.6 Å². The molecule has 0 bridgehead atoms. The average molecular weight is 288 g/mol.